The molecule has 0 spiro atoms. The van der Waals surface area contributed by atoms with Gasteiger partial charge in [-0.2, -0.15) is 0 Å². The zero-order chi connectivity index (χ0) is 14.8. The Morgan fingerprint density at radius 1 is 1.48 bits per heavy atom. The summed E-state index contributed by atoms with van der Waals surface area (Å²) in [6, 6.07) is 9.94. The van der Waals surface area contributed by atoms with Crippen molar-refractivity contribution in [1.29, 1.82) is 0 Å². The average molecular weight is 302 g/mol. The lowest BCUT2D eigenvalue weighted by Gasteiger charge is -2.11. The standard InChI is InChI=1S/C16H16ClN3O/c1-10-6-12(9-19-16(10)17)20-15(21)7-11-8-18-14-5-3-2-4-13(11)14/h2-6,9,11,18H,7-8H2,1H3,(H,20,21). The van der Waals surface area contributed by atoms with Gasteiger partial charge < -0.3 is 10.6 Å². The van der Waals surface area contributed by atoms with Crippen LogP contribution in [-0.2, 0) is 4.79 Å². The number of nitrogens with one attached hydrogen (secondary N) is 2. The lowest BCUT2D eigenvalue weighted by atomic mass is 9.97. The first-order valence-electron chi connectivity index (χ1n) is 6.88. The predicted octanol–water partition coefficient (Wildman–Crippen LogP) is 3.58. The minimum Gasteiger partial charge on any atom is -0.384 e. The summed E-state index contributed by atoms with van der Waals surface area (Å²) in [5.41, 5.74) is 3.86. The van der Waals surface area contributed by atoms with Gasteiger partial charge in [-0.05, 0) is 30.2 Å². The monoisotopic (exact) mass is 301 g/mol. The van der Waals surface area contributed by atoms with E-state index in [1.807, 2.05) is 31.2 Å². The van der Waals surface area contributed by atoms with Crippen molar-refractivity contribution >= 4 is 28.9 Å². The number of halogens is 1. The van der Waals surface area contributed by atoms with Crippen LogP contribution in [0.4, 0.5) is 11.4 Å². The van der Waals surface area contributed by atoms with E-state index in [1.165, 1.54) is 5.56 Å². The van der Waals surface area contributed by atoms with Crippen LogP contribution >= 0.6 is 11.6 Å². The summed E-state index contributed by atoms with van der Waals surface area (Å²) in [6.45, 7) is 2.66. The van der Waals surface area contributed by atoms with Gasteiger partial charge in [-0.3, -0.25) is 4.79 Å². The molecule has 108 valence electrons. The number of pyridine rings is 1. The van der Waals surface area contributed by atoms with E-state index in [9.17, 15) is 4.79 Å². The molecule has 0 saturated carbocycles. The lowest BCUT2D eigenvalue weighted by molar-refractivity contribution is -0.116. The van der Waals surface area contributed by atoms with Gasteiger partial charge in [-0.25, -0.2) is 4.98 Å². The summed E-state index contributed by atoms with van der Waals surface area (Å²) in [5.74, 6) is 0.199. The fraction of sp³-hybridized carbons (Fsp3) is 0.250. The third-order valence-electron chi connectivity index (χ3n) is 3.67. The minimum atomic E-state index is -0.0120. The highest BCUT2D eigenvalue weighted by atomic mass is 35.5. The number of hydrogen-bond acceptors (Lipinski definition) is 3. The highest BCUT2D eigenvalue weighted by Gasteiger charge is 2.23. The van der Waals surface area contributed by atoms with Crippen LogP contribution in [0, 0.1) is 6.92 Å². The Labute approximate surface area is 128 Å². The highest BCUT2D eigenvalue weighted by Crippen LogP contribution is 2.33. The second-order valence-electron chi connectivity index (χ2n) is 5.25. The molecule has 1 atom stereocenters. The van der Waals surface area contributed by atoms with E-state index in [1.54, 1.807) is 6.20 Å². The number of nitrogens with zero attached hydrogens (tertiary/aromatic N) is 1. The van der Waals surface area contributed by atoms with E-state index in [0.29, 0.717) is 17.3 Å². The van der Waals surface area contributed by atoms with Gasteiger partial charge in [-0.15, -0.1) is 0 Å². The molecule has 0 fully saturated rings. The molecule has 1 amide bonds. The Balaban J connectivity index is 1.66. The SMILES string of the molecule is Cc1cc(NC(=O)CC2CNc3ccccc32)cnc1Cl. The normalized spacial score (nSPS) is 16.2. The van der Waals surface area contributed by atoms with Crippen LogP contribution in [0.15, 0.2) is 36.5 Å². The molecular weight excluding hydrogens is 286 g/mol. The smallest absolute Gasteiger partial charge is 0.225 e. The van der Waals surface area contributed by atoms with Crippen molar-refractivity contribution in [1.82, 2.24) is 4.98 Å². The van der Waals surface area contributed by atoms with E-state index < -0.39 is 0 Å². The average Bonchev–Trinajstić information content (AvgIpc) is 2.86. The largest absolute Gasteiger partial charge is 0.384 e. The summed E-state index contributed by atoms with van der Waals surface area (Å²) in [7, 11) is 0. The minimum absolute atomic E-state index is 0.0120. The first-order valence-corrected chi connectivity index (χ1v) is 7.26. The van der Waals surface area contributed by atoms with Crippen LogP contribution in [0.3, 0.4) is 0 Å². The summed E-state index contributed by atoms with van der Waals surface area (Å²) in [5, 5.41) is 6.67. The third-order valence-corrected chi connectivity index (χ3v) is 4.07. The van der Waals surface area contributed by atoms with Crippen LogP contribution in [0.25, 0.3) is 0 Å². The number of anilines is 2. The van der Waals surface area contributed by atoms with E-state index in [-0.39, 0.29) is 11.8 Å². The van der Waals surface area contributed by atoms with E-state index >= 15 is 0 Å². The maximum absolute atomic E-state index is 12.2. The Morgan fingerprint density at radius 3 is 3.10 bits per heavy atom. The molecule has 4 nitrogen and oxygen atoms in total. The molecule has 1 unspecified atom stereocenters. The van der Waals surface area contributed by atoms with Crippen molar-refractivity contribution < 1.29 is 4.79 Å². The van der Waals surface area contributed by atoms with Crippen molar-refractivity contribution in [2.45, 2.75) is 19.3 Å². The molecule has 0 saturated heterocycles. The molecule has 3 rings (SSSR count). The van der Waals surface area contributed by atoms with Gasteiger partial charge in [-0.1, -0.05) is 29.8 Å². The number of hydrogen-bond donors (Lipinski definition) is 2. The zero-order valence-electron chi connectivity index (χ0n) is 11.7. The molecule has 1 aromatic heterocycles. The molecule has 5 heteroatoms. The van der Waals surface area contributed by atoms with Crippen molar-refractivity contribution in [3.8, 4) is 0 Å². The number of rotatable bonds is 3. The van der Waals surface area contributed by atoms with E-state index in [0.717, 1.165) is 17.8 Å². The lowest BCUT2D eigenvalue weighted by Crippen LogP contribution is -2.16. The Morgan fingerprint density at radius 2 is 2.29 bits per heavy atom. The first-order chi connectivity index (χ1) is 10.1. The van der Waals surface area contributed by atoms with Crippen LogP contribution in [-0.4, -0.2) is 17.4 Å². The molecule has 1 aliphatic heterocycles. The number of aromatic nitrogens is 1. The molecule has 0 aliphatic carbocycles. The maximum Gasteiger partial charge on any atom is 0.225 e. The Hall–Kier alpha value is -2.07. The zero-order valence-corrected chi connectivity index (χ0v) is 12.4. The molecule has 2 aromatic rings. The third kappa shape index (κ3) is 3.00. The number of para-hydroxylation sites is 1. The topological polar surface area (TPSA) is 54.0 Å². The summed E-state index contributed by atoms with van der Waals surface area (Å²) < 4.78 is 0. The van der Waals surface area contributed by atoms with Crippen molar-refractivity contribution in [3.05, 3.63) is 52.8 Å². The van der Waals surface area contributed by atoms with Gasteiger partial charge in [0.1, 0.15) is 5.15 Å². The summed E-state index contributed by atoms with van der Waals surface area (Å²) in [4.78, 5) is 16.2. The van der Waals surface area contributed by atoms with Gasteiger partial charge in [0.15, 0.2) is 0 Å². The number of carbonyl (C=O) groups excluding carboxylic acids is 1. The number of benzene rings is 1. The fourth-order valence-corrected chi connectivity index (χ4v) is 2.70. The predicted molar refractivity (Wildman–Crippen MR) is 84.9 cm³/mol. The molecule has 2 N–H and O–H groups in total. The van der Waals surface area contributed by atoms with Gasteiger partial charge in [0, 0.05) is 24.6 Å². The van der Waals surface area contributed by atoms with E-state index in [4.69, 9.17) is 11.6 Å². The number of amides is 1. The molecule has 0 radical (unpaired) electrons. The van der Waals surface area contributed by atoms with Crippen molar-refractivity contribution in [2.24, 2.45) is 0 Å². The quantitative estimate of drug-likeness (QED) is 0.852. The van der Waals surface area contributed by atoms with Gasteiger partial charge in [0.2, 0.25) is 5.91 Å². The maximum atomic E-state index is 12.2. The van der Waals surface area contributed by atoms with Crippen LogP contribution < -0.4 is 10.6 Å². The summed E-state index contributed by atoms with van der Waals surface area (Å²) in [6.07, 6.45) is 2.03. The van der Waals surface area contributed by atoms with Crippen LogP contribution in [0.1, 0.15) is 23.5 Å². The first kappa shape index (κ1) is 13.9. The second kappa shape index (κ2) is 5.74. The van der Waals surface area contributed by atoms with Crippen LogP contribution in [0.2, 0.25) is 5.15 Å². The van der Waals surface area contributed by atoms with Crippen LogP contribution in [0.5, 0.6) is 0 Å². The van der Waals surface area contributed by atoms with Gasteiger partial charge >= 0.3 is 0 Å². The van der Waals surface area contributed by atoms with Gasteiger partial charge in [0.05, 0.1) is 11.9 Å². The number of fused-ring (bicyclic) bond motifs is 1. The number of aryl methyl sites for hydroxylation is 1. The summed E-state index contributed by atoms with van der Waals surface area (Å²) >= 11 is 5.88. The van der Waals surface area contributed by atoms with E-state index in [2.05, 4.69) is 21.7 Å². The highest BCUT2D eigenvalue weighted by molar-refractivity contribution is 6.30. The van der Waals surface area contributed by atoms with Gasteiger partial charge in [0.25, 0.3) is 0 Å². The molecule has 0 bridgehead atoms. The molecule has 1 aliphatic rings. The Kier molecular flexibility index (Phi) is 3.80. The van der Waals surface area contributed by atoms with Crippen molar-refractivity contribution in [2.75, 3.05) is 17.2 Å². The van der Waals surface area contributed by atoms with Crippen molar-refractivity contribution in [3.63, 3.8) is 0 Å². The Bertz CT molecular complexity index is 687. The number of carbonyl (C=O) groups is 1. The second-order valence-corrected chi connectivity index (χ2v) is 5.61. The molecular formula is C16H16ClN3O. The molecule has 21 heavy (non-hydrogen) atoms. The molecule has 1 aromatic carbocycles. The molecule has 2 heterocycles. The fourth-order valence-electron chi connectivity index (χ4n) is 2.60.